The van der Waals surface area contributed by atoms with Crippen molar-refractivity contribution in [3.63, 3.8) is 0 Å². The van der Waals surface area contributed by atoms with Crippen molar-refractivity contribution in [2.75, 3.05) is 0 Å². The van der Waals surface area contributed by atoms with Crippen molar-refractivity contribution in [3.8, 4) is 11.5 Å². The summed E-state index contributed by atoms with van der Waals surface area (Å²) >= 11 is 5.94. The summed E-state index contributed by atoms with van der Waals surface area (Å²) in [4.78, 5) is 14.9. The number of hydrogen-bond donors (Lipinski definition) is 0. The number of aryl methyl sites for hydroxylation is 1. The van der Waals surface area contributed by atoms with Gasteiger partial charge in [0, 0.05) is 40.1 Å². The fourth-order valence-electron chi connectivity index (χ4n) is 3.76. The van der Waals surface area contributed by atoms with Gasteiger partial charge in [-0.05, 0) is 49.2 Å². The first-order chi connectivity index (χ1) is 15.6. The summed E-state index contributed by atoms with van der Waals surface area (Å²) in [5, 5.41) is 9.92. The number of furan rings is 1. The number of carbonyl (C=O) groups excluding carboxylic acids is 1. The number of nitrogens with zero attached hydrogens (tertiary/aromatic N) is 3. The van der Waals surface area contributed by atoms with Crippen LogP contribution >= 0.6 is 11.6 Å². The zero-order chi connectivity index (χ0) is 22.1. The lowest BCUT2D eigenvalue weighted by atomic mass is 10.1. The molecule has 0 N–H and O–H groups in total. The van der Waals surface area contributed by atoms with Gasteiger partial charge >= 0.3 is 0 Å². The average molecular weight is 448 g/mol. The Balaban J connectivity index is 1.35. The topological polar surface area (TPSA) is 72.4 Å². The van der Waals surface area contributed by atoms with Gasteiger partial charge in [-0.15, -0.1) is 10.2 Å². The number of carbonyl (C=O) groups is 1. The van der Waals surface area contributed by atoms with Gasteiger partial charge in [0.15, 0.2) is 0 Å². The zero-order valence-electron chi connectivity index (χ0n) is 17.6. The maximum Gasteiger partial charge on any atom is 0.247 e. The molecule has 0 aliphatic heterocycles. The predicted molar refractivity (Wildman–Crippen MR) is 123 cm³/mol. The van der Waals surface area contributed by atoms with E-state index in [2.05, 4.69) is 10.2 Å². The lowest BCUT2D eigenvalue weighted by Gasteiger charge is -2.18. The molecular weight excluding hydrogens is 426 g/mol. The second-order valence-electron chi connectivity index (χ2n) is 7.83. The molecule has 0 saturated heterocycles. The molecule has 32 heavy (non-hydrogen) atoms. The lowest BCUT2D eigenvalue weighted by Crippen LogP contribution is -2.31. The molecule has 1 aliphatic carbocycles. The van der Waals surface area contributed by atoms with E-state index in [0.29, 0.717) is 16.8 Å². The molecular formula is C25H22ClN3O3. The number of rotatable bonds is 7. The molecule has 0 bridgehead atoms. The molecule has 2 aromatic heterocycles. The third-order valence-electron chi connectivity index (χ3n) is 5.56. The number of fused-ring (bicyclic) bond motifs is 1. The van der Waals surface area contributed by atoms with E-state index in [9.17, 15) is 4.79 Å². The second kappa shape index (κ2) is 8.63. The molecule has 2 aromatic carbocycles. The molecule has 4 aromatic rings. The van der Waals surface area contributed by atoms with E-state index in [1.807, 2.05) is 49.4 Å². The Hall–Kier alpha value is -3.38. The van der Waals surface area contributed by atoms with Gasteiger partial charge in [0.05, 0.1) is 6.54 Å². The van der Waals surface area contributed by atoms with Crippen LogP contribution in [0.5, 0.6) is 0 Å². The quantitative estimate of drug-likeness (QED) is 0.329. The molecule has 0 atom stereocenters. The lowest BCUT2D eigenvalue weighted by molar-refractivity contribution is -0.127. The van der Waals surface area contributed by atoms with Gasteiger partial charge in [0.1, 0.15) is 11.3 Å². The standard InChI is InChI=1S/C25H22ClN3O3/c1-2-21-20(19-5-3-4-6-22(19)31-21)13-14-24(30)29(18-11-12-18)15-23-27-28-25(32-23)16-7-9-17(26)10-8-16/h3-10,13-14,18H,2,11-12,15H2,1H3/b14-13+. The van der Waals surface area contributed by atoms with Gasteiger partial charge in [-0.2, -0.15) is 0 Å². The Labute approximate surface area is 190 Å². The molecule has 1 aliphatic rings. The number of amides is 1. The van der Waals surface area contributed by atoms with E-state index in [0.717, 1.165) is 47.1 Å². The molecule has 6 nitrogen and oxygen atoms in total. The molecule has 1 fully saturated rings. The van der Waals surface area contributed by atoms with E-state index in [1.165, 1.54) is 0 Å². The largest absolute Gasteiger partial charge is 0.460 e. The van der Waals surface area contributed by atoms with Crippen molar-refractivity contribution in [3.05, 3.63) is 76.8 Å². The van der Waals surface area contributed by atoms with Gasteiger partial charge in [-0.3, -0.25) is 4.79 Å². The first-order valence-corrected chi connectivity index (χ1v) is 11.1. The maximum atomic E-state index is 13.1. The summed E-state index contributed by atoms with van der Waals surface area (Å²) in [6.45, 7) is 2.32. The van der Waals surface area contributed by atoms with Gasteiger partial charge in [-0.1, -0.05) is 36.7 Å². The molecule has 0 unspecified atom stereocenters. The van der Waals surface area contributed by atoms with Crippen molar-refractivity contribution >= 4 is 34.6 Å². The zero-order valence-corrected chi connectivity index (χ0v) is 18.4. The van der Waals surface area contributed by atoms with Crippen LogP contribution in [-0.4, -0.2) is 27.0 Å². The first kappa shape index (κ1) is 20.5. The van der Waals surface area contributed by atoms with Crippen LogP contribution in [0.3, 0.4) is 0 Å². The Morgan fingerprint density at radius 1 is 1.12 bits per heavy atom. The van der Waals surface area contributed by atoms with Gasteiger partial charge in [0.25, 0.3) is 0 Å². The minimum atomic E-state index is -0.0777. The highest BCUT2D eigenvalue weighted by Gasteiger charge is 2.33. The van der Waals surface area contributed by atoms with E-state index in [4.69, 9.17) is 20.4 Å². The summed E-state index contributed by atoms with van der Waals surface area (Å²) < 4.78 is 11.7. The first-order valence-electron chi connectivity index (χ1n) is 10.7. The van der Waals surface area contributed by atoms with Crippen LogP contribution < -0.4 is 0 Å². The Bertz CT molecular complexity index is 1290. The Kier molecular flexibility index (Phi) is 5.53. The van der Waals surface area contributed by atoms with Crippen LogP contribution in [0.4, 0.5) is 0 Å². The van der Waals surface area contributed by atoms with Crippen LogP contribution in [0.2, 0.25) is 5.02 Å². The molecule has 0 spiro atoms. The van der Waals surface area contributed by atoms with Crippen molar-refractivity contribution in [1.29, 1.82) is 0 Å². The van der Waals surface area contributed by atoms with Crippen LogP contribution in [0.1, 0.15) is 37.0 Å². The van der Waals surface area contributed by atoms with Crippen LogP contribution in [0.15, 0.2) is 63.4 Å². The molecule has 1 saturated carbocycles. The number of para-hydroxylation sites is 1. The normalized spacial score (nSPS) is 13.8. The van der Waals surface area contributed by atoms with Crippen molar-refractivity contribution in [1.82, 2.24) is 15.1 Å². The van der Waals surface area contributed by atoms with Crippen LogP contribution in [-0.2, 0) is 17.8 Å². The minimum absolute atomic E-state index is 0.0777. The number of hydrogen-bond acceptors (Lipinski definition) is 5. The summed E-state index contributed by atoms with van der Waals surface area (Å²) in [6.07, 6.45) is 6.18. The smallest absolute Gasteiger partial charge is 0.247 e. The second-order valence-corrected chi connectivity index (χ2v) is 8.26. The fourth-order valence-corrected chi connectivity index (χ4v) is 3.88. The molecule has 0 radical (unpaired) electrons. The van der Waals surface area contributed by atoms with Crippen molar-refractivity contribution < 1.29 is 13.6 Å². The van der Waals surface area contributed by atoms with E-state index in [-0.39, 0.29) is 18.5 Å². The molecule has 5 rings (SSSR count). The van der Waals surface area contributed by atoms with Crippen LogP contribution in [0, 0.1) is 0 Å². The molecule has 162 valence electrons. The maximum absolute atomic E-state index is 13.1. The monoisotopic (exact) mass is 447 g/mol. The van der Waals surface area contributed by atoms with Crippen molar-refractivity contribution in [2.45, 2.75) is 38.8 Å². The highest BCUT2D eigenvalue weighted by Crippen LogP contribution is 2.31. The predicted octanol–water partition coefficient (Wildman–Crippen LogP) is 5.90. The molecule has 7 heteroatoms. The van der Waals surface area contributed by atoms with Gasteiger partial charge in [0.2, 0.25) is 17.7 Å². The van der Waals surface area contributed by atoms with E-state index in [1.54, 1.807) is 23.1 Å². The summed E-state index contributed by atoms with van der Waals surface area (Å²) in [5.41, 5.74) is 2.57. The Morgan fingerprint density at radius 2 is 1.91 bits per heavy atom. The SMILES string of the molecule is CCc1oc2ccccc2c1/C=C/C(=O)N(Cc1nnc(-c2ccc(Cl)cc2)o1)C1CC1. The number of benzene rings is 2. The fraction of sp³-hybridized carbons (Fsp3) is 0.240. The molecule has 1 amide bonds. The third-order valence-corrected chi connectivity index (χ3v) is 5.81. The number of aromatic nitrogens is 2. The average Bonchev–Trinajstić information content (AvgIpc) is 3.43. The summed E-state index contributed by atoms with van der Waals surface area (Å²) in [6, 6.07) is 15.3. The Morgan fingerprint density at radius 3 is 2.66 bits per heavy atom. The number of halogens is 1. The van der Waals surface area contributed by atoms with E-state index >= 15 is 0 Å². The summed E-state index contributed by atoms with van der Waals surface area (Å²) in [5.74, 6) is 1.61. The molecule has 2 heterocycles. The van der Waals surface area contributed by atoms with Crippen LogP contribution in [0.25, 0.3) is 28.5 Å². The highest BCUT2D eigenvalue weighted by atomic mass is 35.5. The van der Waals surface area contributed by atoms with Gasteiger partial charge < -0.3 is 13.7 Å². The third kappa shape index (κ3) is 4.18. The van der Waals surface area contributed by atoms with E-state index < -0.39 is 0 Å². The van der Waals surface area contributed by atoms with Gasteiger partial charge in [-0.25, -0.2) is 0 Å². The highest BCUT2D eigenvalue weighted by molar-refractivity contribution is 6.30. The minimum Gasteiger partial charge on any atom is -0.460 e. The van der Waals surface area contributed by atoms with Crippen molar-refractivity contribution in [2.24, 2.45) is 0 Å². The summed E-state index contributed by atoms with van der Waals surface area (Å²) in [7, 11) is 0.